The van der Waals surface area contributed by atoms with Crippen LogP contribution in [0.4, 0.5) is 13.2 Å². The average Bonchev–Trinajstić information content (AvgIpc) is 3.59. The Balaban J connectivity index is 1.40. The molecule has 10 heteroatoms. The molecule has 0 amide bonds. The number of alkyl halides is 3. The standard InChI is InChI=1S/C27H27F3N6O/c1-14-10-18(11-22(37-14)19-12-31-36(13-19)21-8-9-21)25-34-23(17-4-6-20(7-5-17)27(28,29)30)24-26(35-25)33-16(3)15(2)32-24/h4-7,12-14,18,21-22H,8-11H2,1-3H3/t14-,18+,22+/m0/s1. The Hall–Kier alpha value is -3.40. The lowest BCUT2D eigenvalue weighted by atomic mass is 9.89. The first-order chi connectivity index (χ1) is 17.7. The lowest BCUT2D eigenvalue weighted by molar-refractivity contribution is -0.137. The number of aryl methyl sites for hydroxylation is 2. The molecule has 6 rings (SSSR count). The van der Waals surface area contributed by atoms with E-state index in [1.54, 1.807) is 0 Å². The summed E-state index contributed by atoms with van der Waals surface area (Å²) in [6.45, 7) is 5.75. The van der Waals surface area contributed by atoms with E-state index in [9.17, 15) is 13.2 Å². The molecule has 0 N–H and O–H groups in total. The number of ether oxygens (including phenoxy) is 1. The van der Waals surface area contributed by atoms with Crippen molar-refractivity contribution in [3.8, 4) is 11.3 Å². The van der Waals surface area contributed by atoms with Crippen LogP contribution in [0.25, 0.3) is 22.4 Å². The van der Waals surface area contributed by atoms with Crippen LogP contribution >= 0.6 is 0 Å². The summed E-state index contributed by atoms with van der Waals surface area (Å²) < 4.78 is 47.8. The van der Waals surface area contributed by atoms with Gasteiger partial charge >= 0.3 is 6.18 Å². The first-order valence-corrected chi connectivity index (χ1v) is 12.6. The first kappa shape index (κ1) is 24.0. The highest BCUT2D eigenvalue weighted by atomic mass is 19.4. The fourth-order valence-corrected chi connectivity index (χ4v) is 4.96. The Bertz CT molecular complexity index is 1460. The van der Waals surface area contributed by atoms with Crippen molar-refractivity contribution in [2.45, 2.75) is 76.8 Å². The fourth-order valence-electron chi connectivity index (χ4n) is 4.96. The summed E-state index contributed by atoms with van der Waals surface area (Å²) in [5, 5.41) is 4.52. The smallest absolute Gasteiger partial charge is 0.370 e. The third-order valence-electron chi connectivity index (χ3n) is 7.24. The van der Waals surface area contributed by atoms with Crippen molar-refractivity contribution < 1.29 is 17.9 Å². The van der Waals surface area contributed by atoms with Gasteiger partial charge in [0.25, 0.3) is 0 Å². The summed E-state index contributed by atoms with van der Waals surface area (Å²) in [6, 6.07) is 5.51. The Kier molecular flexibility index (Phi) is 5.74. The molecule has 192 valence electrons. The predicted octanol–water partition coefficient (Wildman–Crippen LogP) is 6.28. The van der Waals surface area contributed by atoms with Gasteiger partial charge in [-0.05, 0) is 58.6 Å². The number of hydrogen-bond acceptors (Lipinski definition) is 6. The second-order valence-corrected chi connectivity index (χ2v) is 10.2. The molecule has 1 aromatic carbocycles. The average molecular weight is 509 g/mol. The van der Waals surface area contributed by atoms with Crippen LogP contribution < -0.4 is 0 Å². The second kappa shape index (κ2) is 8.86. The van der Waals surface area contributed by atoms with Crippen molar-refractivity contribution in [3.63, 3.8) is 0 Å². The SMILES string of the molecule is Cc1nc2nc([C@@H]3C[C@H](C)O[C@@H](c4cnn(C5CC5)c4)C3)nc(-c3ccc(C(F)(F)F)cc3)c2nc1C. The van der Waals surface area contributed by atoms with E-state index < -0.39 is 11.7 Å². The minimum absolute atomic E-state index is 0.0148. The van der Waals surface area contributed by atoms with Crippen LogP contribution in [0.3, 0.4) is 0 Å². The van der Waals surface area contributed by atoms with Crippen LogP contribution in [-0.4, -0.2) is 35.8 Å². The number of halogens is 3. The van der Waals surface area contributed by atoms with E-state index in [1.165, 1.54) is 12.1 Å². The molecule has 7 nitrogen and oxygen atoms in total. The summed E-state index contributed by atoms with van der Waals surface area (Å²) >= 11 is 0. The van der Waals surface area contributed by atoms with Gasteiger partial charge in [-0.2, -0.15) is 18.3 Å². The molecule has 1 saturated heterocycles. The molecule has 0 spiro atoms. The highest BCUT2D eigenvalue weighted by molar-refractivity contribution is 5.87. The molecule has 4 heterocycles. The van der Waals surface area contributed by atoms with E-state index >= 15 is 0 Å². The molecule has 3 atom stereocenters. The van der Waals surface area contributed by atoms with Crippen molar-refractivity contribution in [2.24, 2.45) is 0 Å². The molecule has 4 aromatic rings. The molecule has 2 fully saturated rings. The lowest BCUT2D eigenvalue weighted by Crippen LogP contribution is -2.26. The Morgan fingerprint density at radius 1 is 0.946 bits per heavy atom. The van der Waals surface area contributed by atoms with Crippen molar-refractivity contribution in [2.75, 3.05) is 0 Å². The molecule has 3 aromatic heterocycles. The van der Waals surface area contributed by atoms with E-state index in [-0.39, 0.29) is 18.1 Å². The number of hydrogen-bond donors (Lipinski definition) is 0. The molecule has 37 heavy (non-hydrogen) atoms. The van der Waals surface area contributed by atoms with Gasteiger partial charge in [-0.1, -0.05) is 12.1 Å². The summed E-state index contributed by atoms with van der Waals surface area (Å²) in [5.74, 6) is 0.591. The van der Waals surface area contributed by atoms with E-state index in [4.69, 9.17) is 14.7 Å². The van der Waals surface area contributed by atoms with Gasteiger partial charge in [-0.25, -0.2) is 19.9 Å². The van der Waals surface area contributed by atoms with E-state index in [0.717, 1.165) is 48.3 Å². The maximum atomic E-state index is 13.2. The van der Waals surface area contributed by atoms with Gasteiger partial charge in [0.05, 0.1) is 41.4 Å². The Morgan fingerprint density at radius 2 is 1.68 bits per heavy atom. The first-order valence-electron chi connectivity index (χ1n) is 12.6. The third kappa shape index (κ3) is 4.70. The Morgan fingerprint density at radius 3 is 2.38 bits per heavy atom. The largest absolute Gasteiger partial charge is 0.416 e. The van der Waals surface area contributed by atoms with Gasteiger partial charge in [0.1, 0.15) is 17.0 Å². The van der Waals surface area contributed by atoms with Gasteiger partial charge in [0, 0.05) is 23.2 Å². The molecule has 0 bridgehead atoms. The molecular weight excluding hydrogens is 481 g/mol. The van der Waals surface area contributed by atoms with Crippen LogP contribution in [0.15, 0.2) is 36.7 Å². The summed E-state index contributed by atoms with van der Waals surface area (Å²) in [6.07, 6.45) is 3.10. The number of aromatic nitrogens is 6. The third-order valence-corrected chi connectivity index (χ3v) is 7.24. The number of rotatable bonds is 4. The Labute approximate surface area is 212 Å². The molecule has 2 aliphatic rings. The molecular formula is C27H27F3N6O. The van der Waals surface area contributed by atoms with Crippen LogP contribution in [0, 0.1) is 13.8 Å². The molecule has 1 aliphatic carbocycles. The molecule has 0 unspecified atom stereocenters. The number of fused-ring (bicyclic) bond motifs is 1. The predicted molar refractivity (Wildman–Crippen MR) is 131 cm³/mol. The maximum Gasteiger partial charge on any atom is 0.416 e. The zero-order valence-corrected chi connectivity index (χ0v) is 20.8. The van der Waals surface area contributed by atoms with Crippen LogP contribution in [0.2, 0.25) is 0 Å². The van der Waals surface area contributed by atoms with Gasteiger partial charge in [0.15, 0.2) is 5.65 Å². The fraction of sp³-hybridized carbons (Fsp3) is 0.444. The molecule has 1 saturated carbocycles. The molecule has 1 aliphatic heterocycles. The minimum atomic E-state index is -4.41. The van der Waals surface area contributed by atoms with Crippen molar-refractivity contribution in [1.82, 2.24) is 29.7 Å². The van der Waals surface area contributed by atoms with Crippen molar-refractivity contribution in [3.05, 3.63) is 65.0 Å². The second-order valence-electron chi connectivity index (χ2n) is 10.2. The van der Waals surface area contributed by atoms with Gasteiger partial charge < -0.3 is 4.74 Å². The van der Waals surface area contributed by atoms with E-state index in [2.05, 4.69) is 21.3 Å². The van der Waals surface area contributed by atoms with Gasteiger partial charge in [-0.3, -0.25) is 4.68 Å². The number of benzene rings is 1. The zero-order valence-electron chi connectivity index (χ0n) is 20.8. The number of nitrogens with zero attached hydrogens (tertiary/aromatic N) is 6. The summed E-state index contributed by atoms with van der Waals surface area (Å²) in [4.78, 5) is 19.0. The highest BCUT2D eigenvalue weighted by Gasteiger charge is 2.34. The topological polar surface area (TPSA) is 78.6 Å². The van der Waals surface area contributed by atoms with Crippen molar-refractivity contribution in [1.29, 1.82) is 0 Å². The summed E-state index contributed by atoms with van der Waals surface area (Å²) in [5.41, 5.74) is 3.77. The molecule has 0 radical (unpaired) electrons. The minimum Gasteiger partial charge on any atom is -0.370 e. The quantitative estimate of drug-likeness (QED) is 0.323. The van der Waals surface area contributed by atoms with Gasteiger partial charge in [-0.15, -0.1) is 0 Å². The monoisotopic (exact) mass is 508 g/mol. The van der Waals surface area contributed by atoms with E-state index in [1.807, 2.05) is 31.6 Å². The summed E-state index contributed by atoms with van der Waals surface area (Å²) in [7, 11) is 0. The van der Waals surface area contributed by atoms with Crippen molar-refractivity contribution >= 4 is 11.2 Å². The van der Waals surface area contributed by atoms with Crippen LogP contribution in [-0.2, 0) is 10.9 Å². The normalized spacial score (nSPS) is 22.5. The van der Waals surface area contributed by atoms with Crippen LogP contribution in [0.1, 0.15) is 79.0 Å². The highest BCUT2D eigenvalue weighted by Crippen LogP contribution is 2.41. The zero-order chi connectivity index (χ0) is 25.9. The maximum absolute atomic E-state index is 13.2. The lowest BCUT2D eigenvalue weighted by Gasteiger charge is -2.33. The van der Waals surface area contributed by atoms with Crippen LogP contribution in [0.5, 0.6) is 0 Å². The van der Waals surface area contributed by atoms with E-state index in [0.29, 0.717) is 40.7 Å². The van der Waals surface area contributed by atoms with Gasteiger partial charge in [0.2, 0.25) is 0 Å².